The van der Waals surface area contributed by atoms with Crippen LogP contribution in [0.4, 0.5) is 9.18 Å². The predicted octanol–water partition coefficient (Wildman–Crippen LogP) is 4.53. The summed E-state index contributed by atoms with van der Waals surface area (Å²) in [5.41, 5.74) is 1.99. The SMILES string of the molecule is CC(C)Oc1ccc([C@H](c2ccc(F)cc2)C(C)NC(=O)NC2CCN(C)CC2)cc1. The third-order valence-corrected chi connectivity index (χ3v) is 5.75. The lowest BCUT2D eigenvalue weighted by molar-refractivity contribution is 0.211. The fourth-order valence-electron chi connectivity index (χ4n) is 4.14. The molecule has 1 heterocycles. The van der Waals surface area contributed by atoms with Crippen LogP contribution in [0.5, 0.6) is 5.75 Å². The van der Waals surface area contributed by atoms with Crippen LogP contribution < -0.4 is 15.4 Å². The highest BCUT2D eigenvalue weighted by atomic mass is 19.1. The molecule has 2 aromatic carbocycles. The third-order valence-electron chi connectivity index (χ3n) is 5.75. The first-order valence-corrected chi connectivity index (χ1v) is 11.1. The molecule has 0 saturated carbocycles. The highest BCUT2D eigenvalue weighted by Crippen LogP contribution is 2.30. The van der Waals surface area contributed by atoms with Crippen LogP contribution >= 0.6 is 0 Å². The second-order valence-corrected chi connectivity index (χ2v) is 8.75. The van der Waals surface area contributed by atoms with E-state index in [-0.39, 0.29) is 36.0 Å². The van der Waals surface area contributed by atoms with Crippen LogP contribution in [0.1, 0.15) is 50.7 Å². The summed E-state index contributed by atoms with van der Waals surface area (Å²) < 4.78 is 19.3. The Balaban J connectivity index is 1.74. The van der Waals surface area contributed by atoms with Gasteiger partial charge in [0.2, 0.25) is 0 Å². The maximum atomic E-state index is 13.5. The van der Waals surface area contributed by atoms with Crippen molar-refractivity contribution < 1.29 is 13.9 Å². The number of likely N-dealkylation sites (tertiary alicyclic amines) is 1. The maximum absolute atomic E-state index is 13.5. The van der Waals surface area contributed by atoms with Gasteiger partial charge in [-0.15, -0.1) is 0 Å². The molecule has 1 aliphatic rings. The van der Waals surface area contributed by atoms with Crippen molar-refractivity contribution in [1.82, 2.24) is 15.5 Å². The summed E-state index contributed by atoms with van der Waals surface area (Å²) in [4.78, 5) is 15.0. The van der Waals surface area contributed by atoms with Gasteiger partial charge in [0.15, 0.2) is 0 Å². The van der Waals surface area contributed by atoms with Gasteiger partial charge in [0.1, 0.15) is 11.6 Å². The number of hydrogen-bond acceptors (Lipinski definition) is 3. The van der Waals surface area contributed by atoms with Gasteiger partial charge >= 0.3 is 6.03 Å². The van der Waals surface area contributed by atoms with Gasteiger partial charge in [-0.25, -0.2) is 9.18 Å². The summed E-state index contributed by atoms with van der Waals surface area (Å²) in [6.45, 7) is 7.95. The molecule has 0 radical (unpaired) electrons. The second-order valence-electron chi connectivity index (χ2n) is 8.75. The lowest BCUT2D eigenvalue weighted by Crippen LogP contribution is -2.50. The van der Waals surface area contributed by atoms with E-state index in [0.717, 1.165) is 42.8 Å². The van der Waals surface area contributed by atoms with Crippen LogP contribution in [0.2, 0.25) is 0 Å². The summed E-state index contributed by atoms with van der Waals surface area (Å²) in [5.74, 6) is 0.415. The number of amides is 2. The Morgan fingerprint density at radius 2 is 1.55 bits per heavy atom. The molecular formula is C25H34FN3O2. The van der Waals surface area contributed by atoms with Gasteiger partial charge in [-0.2, -0.15) is 0 Å². The number of carbonyl (C=O) groups excluding carboxylic acids is 1. The molecule has 2 atom stereocenters. The fourth-order valence-corrected chi connectivity index (χ4v) is 4.14. The van der Waals surface area contributed by atoms with E-state index in [1.807, 2.05) is 45.0 Å². The van der Waals surface area contributed by atoms with Crippen molar-refractivity contribution in [3.05, 3.63) is 65.5 Å². The first-order chi connectivity index (χ1) is 14.8. The Morgan fingerprint density at radius 1 is 1.00 bits per heavy atom. The Morgan fingerprint density at radius 3 is 2.10 bits per heavy atom. The zero-order valence-electron chi connectivity index (χ0n) is 18.9. The van der Waals surface area contributed by atoms with Crippen molar-refractivity contribution in [2.24, 2.45) is 0 Å². The van der Waals surface area contributed by atoms with E-state index in [1.54, 1.807) is 12.1 Å². The lowest BCUT2D eigenvalue weighted by atomic mass is 9.85. The van der Waals surface area contributed by atoms with E-state index in [4.69, 9.17) is 4.74 Å². The average molecular weight is 428 g/mol. The van der Waals surface area contributed by atoms with Gasteiger partial charge in [-0.05, 0) is 89.1 Å². The molecule has 1 fully saturated rings. The summed E-state index contributed by atoms with van der Waals surface area (Å²) >= 11 is 0. The molecule has 0 aliphatic carbocycles. The van der Waals surface area contributed by atoms with Crippen LogP contribution in [0, 0.1) is 5.82 Å². The number of benzene rings is 2. The minimum Gasteiger partial charge on any atom is -0.491 e. The van der Waals surface area contributed by atoms with Gasteiger partial charge in [-0.1, -0.05) is 24.3 Å². The Bertz CT molecular complexity index is 831. The average Bonchev–Trinajstić information content (AvgIpc) is 2.72. The van der Waals surface area contributed by atoms with Crippen LogP contribution in [-0.2, 0) is 0 Å². The number of carbonyl (C=O) groups is 1. The predicted molar refractivity (Wildman–Crippen MR) is 122 cm³/mol. The number of ether oxygens (including phenoxy) is 1. The van der Waals surface area contributed by atoms with Crippen LogP contribution in [0.15, 0.2) is 48.5 Å². The molecule has 2 aromatic rings. The monoisotopic (exact) mass is 427 g/mol. The smallest absolute Gasteiger partial charge is 0.315 e. The highest BCUT2D eigenvalue weighted by molar-refractivity contribution is 5.74. The van der Waals surface area contributed by atoms with Crippen LogP contribution in [0.3, 0.4) is 0 Å². The number of rotatable bonds is 7. The zero-order chi connectivity index (χ0) is 22.4. The number of halogens is 1. The number of hydrogen-bond donors (Lipinski definition) is 2. The van der Waals surface area contributed by atoms with E-state index >= 15 is 0 Å². The minimum absolute atomic E-state index is 0.0996. The molecule has 0 aromatic heterocycles. The Hall–Kier alpha value is -2.60. The fraction of sp³-hybridized carbons (Fsp3) is 0.480. The molecule has 0 bridgehead atoms. The molecule has 2 amide bonds. The molecule has 1 saturated heterocycles. The number of piperidine rings is 1. The van der Waals surface area contributed by atoms with Gasteiger partial charge in [0.25, 0.3) is 0 Å². The van der Waals surface area contributed by atoms with Gasteiger partial charge < -0.3 is 20.3 Å². The topological polar surface area (TPSA) is 53.6 Å². The number of urea groups is 1. The maximum Gasteiger partial charge on any atom is 0.315 e. The molecule has 3 rings (SSSR count). The standard InChI is InChI=1S/C25H34FN3O2/c1-17(2)31-23-11-7-20(8-12-23)24(19-5-9-21(26)10-6-19)18(3)27-25(30)28-22-13-15-29(4)16-14-22/h5-12,17-18,22,24H,13-16H2,1-4H3,(H2,27,28,30)/t18?,24-/m0/s1. The van der Waals surface area contributed by atoms with E-state index in [2.05, 4.69) is 22.6 Å². The molecule has 2 N–H and O–H groups in total. The first kappa shape index (κ1) is 23.1. The summed E-state index contributed by atoms with van der Waals surface area (Å²) in [6.07, 6.45) is 2.01. The van der Waals surface area contributed by atoms with Crippen molar-refractivity contribution in [1.29, 1.82) is 0 Å². The van der Waals surface area contributed by atoms with Crippen molar-refractivity contribution in [2.75, 3.05) is 20.1 Å². The zero-order valence-corrected chi connectivity index (χ0v) is 18.9. The van der Waals surface area contributed by atoms with Crippen LogP contribution in [-0.4, -0.2) is 49.3 Å². The Labute approximate surface area is 185 Å². The molecule has 1 aliphatic heterocycles. The normalized spacial score (nSPS) is 17.2. The van der Waals surface area contributed by atoms with Gasteiger partial charge in [-0.3, -0.25) is 0 Å². The Kier molecular flexibility index (Phi) is 7.91. The number of nitrogens with one attached hydrogen (secondary N) is 2. The molecule has 31 heavy (non-hydrogen) atoms. The van der Waals surface area contributed by atoms with E-state index in [9.17, 15) is 9.18 Å². The summed E-state index contributed by atoms with van der Waals surface area (Å²) in [5, 5.41) is 6.22. The van der Waals surface area contributed by atoms with Gasteiger partial charge in [0.05, 0.1) is 6.10 Å². The third kappa shape index (κ3) is 6.69. The highest BCUT2D eigenvalue weighted by Gasteiger charge is 2.25. The molecule has 0 spiro atoms. The first-order valence-electron chi connectivity index (χ1n) is 11.1. The second kappa shape index (κ2) is 10.6. The largest absolute Gasteiger partial charge is 0.491 e. The quantitative estimate of drug-likeness (QED) is 0.683. The number of nitrogens with zero attached hydrogens (tertiary/aromatic N) is 1. The molecule has 6 heteroatoms. The van der Waals surface area contributed by atoms with E-state index in [1.165, 1.54) is 12.1 Å². The van der Waals surface area contributed by atoms with Gasteiger partial charge in [0, 0.05) is 18.0 Å². The summed E-state index contributed by atoms with van der Waals surface area (Å²) in [7, 11) is 2.10. The summed E-state index contributed by atoms with van der Waals surface area (Å²) in [6, 6.07) is 14.2. The van der Waals surface area contributed by atoms with Crippen molar-refractivity contribution >= 4 is 6.03 Å². The molecular weight excluding hydrogens is 393 g/mol. The van der Waals surface area contributed by atoms with Crippen LogP contribution in [0.25, 0.3) is 0 Å². The molecule has 1 unspecified atom stereocenters. The van der Waals surface area contributed by atoms with Crippen molar-refractivity contribution in [2.45, 2.75) is 57.7 Å². The minimum atomic E-state index is -0.274. The molecule has 168 valence electrons. The van der Waals surface area contributed by atoms with Crippen molar-refractivity contribution in [3.63, 3.8) is 0 Å². The van der Waals surface area contributed by atoms with E-state index < -0.39 is 0 Å². The van der Waals surface area contributed by atoms with Crippen molar-refractivity contribution in [3.8, 4) is 5.75 Å². The molecule has 5 nitrogen and oxygen atoms in total. The lowest BCUT2D eigenvalue weighted by Gasteiger charge is -2.31. The van der Waals surface area contributed by atoms with E-state index in [0.29, 0.717) is 0 Å².